The van der Waals surface area contributed by atoms with Crippen LogP contribution in [0.3, 0.4) is 0 Å². The molecule has 2 amide bonds. The van der Waals surface area contributed by atoms with Crippen LogP contribution >= 0.6 is 0 Å². The summed E-state index contributed by atoms with van der Waals surface area (Å²) in [6.07, 6.45) is 0. The van der Waals surface area contributed by atoms with Crippen molar-refractivity contribution in [2.45, 2.75) is 19.9 Å². The van der Waals surface area contributed by atoms with Crippen LogP contribution in [0.25, 0.3) is 22.8 Å². The molecule has 0 unspecified atom stereocenters. The summed E-state index contributed by atoms with van der Waals surface area (Å²) in [6.45, 7) is 3.79. The lowest BCUT2D eigenvalue weighted by molar-refractivity contribution is 0.250. The number of nitrogens with zero attached hydrogens (tertiary/aromatic N) is 2. The number of carbonyl (C=O) groups is 1. The highest BCUT2D eigenvalue weighted by atomic mass is 16.5. The molecule has 0 aliphatic rings. The van der Waals surface area contributed by atoms with Gasteiger partial charge in [-0.25, -0.2) is 4.79 Å². The Morgan fingerprint density at radius 2 is 1.75 bits per heavy atom. The van der Waals surface area contributed by atoms with Crippen molar-refractivity contribution >= 4 is 11.7 Å². The number of benzene rings is 2. The van der Waals surface area contributed by atoms with Crippen molar-refractivity contribution < 1.29 is 18.8 Å². The van der Waals surface area contributed by atoms with Crippen LogP contribution in [-0.4, -0.2) is 36.4 Å². The third kappa shape index (κ3) is 4.59. The van der Waals surface area contributed by atoms with Gasteiger partial charge in [-0.1, -0.05) is 17.3 Å². The van der Waals surface area contributed by atoms with E-state index in [1.807, 2.05) is 26.0 Å². The number of urea groups is 1. The Hall–Kier alpha value is -3.55. The minimum Gasteiger partial charge on any atom is -0.497 e. The van der Waals surface area contributed by atoms with Crippen molar-refractivity contribution in [2.24, 2.45) is 0 Å². The van der Waals surface area contributed by atoms with Gasteiger partial charge in [0.1, 0.15) is 11.5 Å². The molecular formula is C20H22N4O4. The standard InChI is InChI=1S/C20H22N4O4/c1-12(2)21-20(25)22-15-7-5-6-13(8-15)18-23-19(28-24-18)14-9-16(26-3)11-17(10-14)27-4/h5-12H,1-4H3,(H2,21,22,25). The number of amides is 2. The fraction of sp³-hybridized carbons (Fsp3) is 0.250. The molecule has 146 valence electrons. The lowest BCUT2D eigenvalue weighted by Crippen LogP contribution is -2.34. The van der Waals surface area contributed by atoms with Gasteiger partial charge in [0, 0.05) is 28.9 Å². The highest BCUT2D eigenvalue weighted by molar-refractivity contribution is 5.90. The number of carbonyl (C=O) groups excluding carboxylic acids is 1. The van der Waals surface area contributed by atoms with Crippen LogP contribution in [0.5, 0.6) is 11.5 Å². The van der Waals surface area contributed by atoms with Crippen molar-refractivity contribution in [3.05, 3.63) is 42.5 Å². The molecule has 8 nitrogen and oxygen atoms in total. The van der Waals surface area contributed by atoms with Gasteiger partial charge >= 0.3 is 6.03 Å². The van der Waals surface area contributed by atoms with Crippen LogP contribution in [-0.2, 0) is 0 Å². The SMILES string of the molecule is COc1cc(OC)cc(-c2nc(-c3cccc(NC(=O)NC(C)C)c3)no2)c1. The van der Waals surface area contributed by atoms with Gasteiger partial charge in [0.25, 0.3) is 5.89 Å². The molecule has 8 heteroatoms. The van der Waals surface area contributed by atoms with Gasteiger partial charge in [-0.05, 0) is 38.1 Å². The first-order chi connectivity index (χ1) is 13.5. The Morgan fingerprint density at radius 3 is 2.39 bits per heavy atom. The van der Waals surface area contributed by atoms with E-state index in [9.17, 15) is 4.79 Å². The van der Waals surface area contributed by atoms with E-state index in [0.717, 1.165) is 0 Å². The molecule has 28 heavy (non-hydrogen) atoms. The second kappa shape index (κ2) is 8.43. The molecule has 0 fully saturated rings. The topological polar surface area (TPSA) is 98.5 Å². The molecule has 1 aromatic heterocycles. The second-order valence-corrected chi connectivity index (χ2v) is 6.36. The summed E-state index contributed by atoms with van der Waals surface area (Å²) in [5.74, 6) is 1.99. The minimum atomic E-state index is -0.274. The Labute approximate surface area is 162 Å². The van der Waals surface area contributed by atoms with E-state index in [-0.39, 0.29) is 12.1 Å². The largest absolute Gasteiger partial charge is 0.497 e. The van der Waals surface area contributed by atoms with Crippen LogP contribution in [0.4, 0.5) is 10.5 Å². The molecule has 3 rings (SSSR count). The monoisotopic (exact) mass is 382 g/mol. The van der Waals surface area contributed by atoms with Gasteiger partial charge in [-0.15, -0.1) is 0 Å². The zero-order chi connectivity index (χ0) is 20.1. The van der Waals surface area contributed by atoms with Crippen molar-refractivity contribution in [1.29, 1.82) is 0 Å². The summed E-state index contributed by atoms with van der Waals surface area (Å²) >= 11 is 0. The highest BCUT2D eigenvalue weighted by Crippen LogP contribution is 2.30. The molecule has 2 N–H and O–H groups in total. The number of rotatable bonds is 6. The number of anilines is 1. The molecule has 3 aromatic rings. The van der Waals surface area contributed by atoms with E-state index in [4.69, 9.17) is 14.0 Å². The van der Waals surface area contributed by atoms with Crippen molar-refractivity contribution in [1.82, 2.24) is 15.5 Å². The third-order valence-electron chi connectivity index (χ3n) is 3.82. The summed E-state index contributed by atoms with van der Waals surface area (Å²) in [6, 6.07) is 12.3. The van der Waals surface area contributed by atoms with Gasteiger partial charge < -0.3 is 24.6 Å². The van der Waals surface area contributed by atoms with Crippen molar-refractivity contribution in [3.8, 4) is 34.3 Å². The first-order valence-corrected chi connectivity index (χ1v) is 8.73. The van der Waals surface area contributed by atoms with E-state index >= 15 is 0 Å². The number of methoxy groups -OCH3 is 2. The van der Waals surface area contributed by atoms with E-state index in [1.165, 1.54) is 0 Å². The van der Waals surface area contributed by atoms with Crippen LogP contribution in [0.15, 0.2) is 47.0 Å². The van der Waals surface area contributed by atoms with Gasteiger partial charge in [0.15, 0.2) is 0 Å². The van der Waals surface area contributed by atoms with Crippen LogP contribution < -0.4 is 20.1 Å². The van der Waals surface area contributed by atoms with Crippen LogP contribution in [0.2, 0.25) is 0 Å². The Bertz CT molecular complexity index is 946. The fourth-order valence-electron chi connectivity index (χ4n) is 2.55. The lowest BCUT2D eigenvalue weighted by atomic mass is 10.2. The fourth-order valence-corrected chi connectivity index (χ4v) is 2.55. The maximum atomic E-state index is 11.9. The average Bonchev–Trinajstić information content (AvgIpc) is 3.17. The molecule has 0 atom stereocenters. The molecule has 0 saturated heterocycles. The average molecular weight is 382 g/mol. The number of nitrogens with one attached hydrogen (secondary N) is 2. The molecule has 0 aliphatic carbocycles. The molecule has 0 radical (unpaired) electrons. The van der Waals surface area contributed by atoms with Crippen molar-refractivity contribution in [2.75, 3.05) is 19.5 Å². The summed E-state index contributed by atoms with van der Waals surface area (Å²) in [7, 11) is 3.15. The Morgan fingerprint density at radius 1 is 1.04 bits per heavy atom. The van der Waals surface area contributed by atoms with E-state index < -0.39 is 0 Å². The zero-order valence-corrected chi connectivity index (χ0v) is 16.1. The molecule has 0 saturated carbocycles. The summed E-state index contributed by atoms with van der Waals surface area (Å²) in [4.78, 5) is 16.3. The predicted octanol–water partition coefficient (Wildman–Crippen LogP) is 3.95. The summed E-state index contributed by atoms with van der Waals surface area (Å²) < 4.78 is 16.0. The van der Waals surface area contributed by atoms with E-state index in [2.05, 4.69) is 20.8 Å². The molecular weight excluding hydrogens is 360 g/mol. The lowest BCUT2D eigenvalue weighted by Gasteiger charge is -2.10. The molecule has 1 heterocycles. The Balaban J connectivity index is 1.84. The summed E-state index contributed by atoms with van der Waals surface area (Å²) in [5.41, 5.74) is 2.03. The Kier molecular flexibility index (Phi) is 5.78. The molecule has 2 aromatic carbocycles. The van der Waals surface area contributed by atoms with E-state index in [0.29, 0.717) is 40.0 Å². The molecule has 0 bridgehead atoms. The predicted molar refractivity (Wildman–Crippen MR) is 106 cm³/mol. The first-order valence-electron chi connectivity index (χ1n) is 8.73. The normalized spacial score (nSPS) is 10.6. The summed E-state index contributed by atoms with van der Waals surface area (Å²) in [5, 5.41) is 9.60. The van der Waals surface area contributed by atoms with Crippen LogP contribution in [0.1, 0.15) is 13.8 Å². The zero-order valence-electron chi connectivity index (χ0n) is 16.1. The second-order valence-electron chi connectivity index (χ2n) is 6.36. The molecule has 0 aliphatic heterocycles. The number of ether oxygens (including phenoxy) is 2. The van der Waals surface area contributed by atoms with E-state index in [1.54, 1.807) is 44.6 Å². The molecule has 0 spiro atoms. The van der Waals surface area contributed by atoms with Gasteiger partial charge in [0.2, 0.25) is 5.82 Å². The maximum Gasteiger partial charge on any atom is 0.319 e. The third-order valence-corrected chi connectivity index (χ3v) is 3.82. The number of aromatic nitrogens is 2. The quantitative estimate of drug-likeness (QED) is 0.670. The number of hydrogen-bond acceptors (Lipinski definition) is 6. The maximum absolute atomic E-state index is 11.9. The number of hydrogen-bond donors (Lipinski definition) is 2. The van der Waals surface area contributed by atoms with Crippen LogP contribution in [0, 0.1) is 0 Å². The van der Waals surface area contributed by atoms with Gasteiger partial charge in [0.05, 0.1) is 14.2 Å². The van der Waals surface area contributed by atoms with Crippen molar-refractivity contribution in [3.63, 3.8) is 0 Å². The first kappa shape index (κ1) is 19.2. The smallest absolute Gasteiger partial charge is 0.319 e. The minimum absolute atomic E-state index is 0.0443. The highest BCUT2D eigenvalue weighted by Gasteiger charge is 2.14. The van der Waals surface area contributed by atoms with Gasteiger partial charge in [-0.3, -0.25) is 0 Å². The van der Waals surface area contributed by atoms with Gasteiger partial charge in [-0.2, -0.15) is 4.98 Å².